The summed E-state index contributed by atoms with van der Waals surface area (Å²) in [6, 6.07) is 7.98. The van der Waals surface area contributed by atoms with Crippen LogP contribution in [-0.2, 0) is 20.8 Å². The van der Waals surface area contributed by atoms with Crippen LogP contribution < -0.4 is 21.3 Å². The molecule has 1 atom stereocenters. The maximum atomic E-state index is 13.2. The van der Waals surface area contributed by atoms with Crippen molar-refractivity contribution in [1.29, 1.82) is 0 Å². The molecule has 3 rings (SSSR count). The first kappa shape index (κ1) is 39.0. The maximum absolute atomic E-state index is 13.2. The molecule has 0 spiro atoms. The Labute approximate surface area is 289 Å². The molecule has 0 saturated carbocycles. The van der Waals surface area contributed by atoms with Crippen LogP contribution in [0.1, 0.15) is 86.6 Å². The van der Waals surface area contributed by atoms with Gasteiger partial charge in [-0.25, -0.2) is 0 Å². The molecule has 13 nitrogen and oxygen atoms in total. The van der Waals surface area contributed by atoms with E-state index in [4.69, 9.17) is 0 Å². The van der Waals surface area contributed by atoms with Gasteiger partial charge in [-0.3, -0.25) is 24.0 Å². The van der Waals surface area contributed by atoms with E-state index in [1.165, 1.54) is 25.1 Å². The molecule has 13 heteroatoms. The maximum Gasteiger partial charge on any atom is 0.258 e. The molecular formula is C36H52N8O5. The van der Waals surface area contributed by atoms with Crippen LogP contribution in [0.2, 0.25) is 0 Å². The Kier molecular flexibility index (Phi) is 16.0. The quantitative estimate of drug-likeness (QED) is 0.0855. The zero-order valence-corrected chi connectivity index (χ0v) is 29.6. The van der Waals surface area contributed by atoms with Crippen molar-refractivity contribution in [1.82, 2.24) is 20.4 Å². The molecule has 1 aliphatic heterocycles. The first-order valence-electron chi connectivity index (χ1n) is 17.4. The third kappa shape index (κ3) is 12.5. The fraction of sp³-hybridized carbons (Fsp3) is 0.528. The molecular weight excluding hydrogens is 624 g/mol. The SMILES string of the molecule is CCN(CC)CCCCNC(=O)c1cc(N=NC(C(C)=O)C(=O)Nc2ccc3c(c2)NC(=O)C3)cc(C(=O)NCCCCN(CC)CC)c1. The molecule has 2 aromatic rings. The summed E-state index contributed by atoms with van der Waals surface area (Å²) in [4.78, 5) is 68.3. The normalized spacial score (nSPS) is 13.0. The smallest absolute Gasteiger partial charge is 0.258 e. The molecule has 2 aromatic carbocycles. The number of anilines is 2. The van der Waals surface area contributed by atoms with Gasteiger partial charge < -0.3 is 31.1 Å². The van der Waals surface area contributed by atoms with Gasteiger partial charge in [0, 0.05) is 35.6 Å². The predicted molar refractivity (Wildman–Crippen MR) is 192 cm³/mol. The van der Waals surface area contributed by atoms with E-state index in [1.54, 1.807) is 18.2 Å². The number of amides is 4. The molecule has 1 heterocycles. The largest absolute Gasteiger partial charge is 0.352 e. The van der Waals surface area contributed by atoms with Crippen LogP contribution in [0.15, 0.2) is 46.6 Å². The Hall–Kier alpha value is -4.49. The number of benzene rings is 2. The summed E-state index contributed by atoms with van der Waals surface area (Å²) >= 11 is 0. The number of ketones is 1. The van der Waals surface area contributed by atoms with Crippen molar-refractivity contribution in [3.8, 4) is 0 Å². The fourth-order valence-corrected chi connectivity index (χ4v) is 5.49. The average molecular weight is 677 g/mol. The highest BCUT2D eigenvalue weighted by Crippen LogP contribution is 2.27. The van der Waals surface area contributed by atoms with Gasteiger partial charge in [0.05, 0.1) is 12.1 Å². The van der Waals surface area contributed by atoms with Crippen LogP contribution in [0.25, 0.3) is 0 Å². The lowest BCUT2D eigenvalue weighted by Gasteiger charge is -2.17. The van der Waals surface area contributed by atoms with Crippen LogP contribution >= 0.6 is 0 Å². The number of unbranched alkanes of at least 4 members (excludes halogenated alkanes) is 2. The molecule has 49 heavy (non-hydrogen) atoms. The summed E-state index contributed by atoms with van der Waals surface area (Å²) in [5.74, 6) is -2.11. The predicted octanol–water partition coefficient (Wildman–Crippen LogP) is 4.56. The van der Waals surface area contributed by atoms with Crippen molar-refractivity contribution < 1.29 is 24.0 Å². The van der Waals surface area contributed by atoms with Crippen molar-refractivity contribution in [3.63, 3.8) is 0 Å². The average Bonchev–Trinajstić information content (AvgIpc) is 3.46. The lowest BCUT2D eigenvalue weighted by Crippen LogP contribution is -2.31. The number of hydrogen-bond donors (Lipinski definition) is 4. The summed E-state index contributed by atoms with van der Waals surface area (Å²) in [5.41, 5.74) is 2.39. The van der Waals surface area contributed by atoms with Crippen molar-refractivity contribution in [2.24, 2.45) is 10.2 Å². The zero-order valence-electron chi connectivity index (χ0n) is 29.6. The molecule has 4 N–H and O–H groups in total. The third-order valence-electron chi connectivity index (χ3n) is 8.53. The minimum absolute atomic E-state index is 0.136. The second-order valence-electron chi connectivity index (χ2n) is 12.1. The van der Waals surface area contributed by atoms with Gasteiger partial charge in [-0.1, -0.05) is 33.8 Å². The number of carbonyl (C=O) groups is 5. The van der Waals surface area contributed by atoms with Crippen molar-refractivity contribution in [2.75, 3.05) is 63.0 Å². The van der Waals surface area contributed by atoms with Crippen LogP contribution in [-0.4, -0.2) is 97.6 Å². The van der Waals surface area contributed by atoms with E-state index in [-0.39, 0.29) is 41.0 Å². The van der Waals surface area contributed by atoms with Crippen LogP contribution in [0.4, 0.5) is 17.1 Å². The molecule has 0 saturated heterocycles. The Morgan fingerprint density at radius 2 is 1.35 bits per heavy atom. The van der Waals surface area contributed by atoms with Gasteiger partial charge in [0.15, 0.2) is 5.78 Å². The van der Waals surface area contributed by atoms with Crippen LogP contribution in [0.5, 0.6) is 0 Å². The van der Waals surface area contributed by atoms with Gasteiger partial charge in [0.2, 0.25) is 11.9 Å². The van der Waals surface area contributed by atoms with Gasteiger partial charge in [0.1, 0.15) is 0 Å². The van der Waals surface area contributed by atoms with Gasteiger partial charge in [-0.15, -0.1) is 0 Å². The molecule has 0 radical (unpaired) electrons. The summed E-state index contributed by atoms with van der Waals surface area (Å²) < 4.78 is 0. The second-order valence-corrected chi connectivity index (χ2v) is 12.1. The van der Waals surface area contributed by atoms with E-state index < -0.39 is 17.7 Å². The minimum Gasteiger partial charge on any atom is -0.352 e. The number of rotatable bonds is 21. The van der Waals surface area contributed by atoms with E-state index in [2.05, 4.69) is 69.0 Å². The highest BCUT2D eigenvalue weighted by Gasteiger charge is 2.25. The van der Waals surface area contributed by atoms with E-state index in [1.807, 2.05) is 0 Å². The Bertz CT molecular complexity index is 1430. The van der Waals surface area contributed by atoms with Crippen LogP contribution in [0.3, 0.4) is 0 Å². The number of nitrogens with one attached hydrogen (secondary N) is 4. The number of nitrogens with zero attached hydrogens (tertiary/aromatic N) is 4. The van der Waals surface area contributed by atoms with Gasteiger partial charge >= 0.3 is 0 Å². The number of fused-ring (bicyclic) bond motifs is 1. The monoisotopic (exact) mass is 676 g/mol. The van der Waals surface area contributed by atoms with E-state index in [0.717, 1.165) is 70.5 Å². The Balaban J connectivity index is 1.74. The molecule has 4 amide bonds. The highest BCUT2D eigenvalue weighted by atomic mass is 16.2. The van der Waals surface area contributed by atoms with Crippen molar-refractivity contribution >= 4 is 46.5 Å². The van der Waals surface area contributed by atoms with Crippen molar-refractivity contribution in [3.05, 3.63) is 53.1 Å². The number of hydrogen-bond acceptors (Lipinski definition) is 9. The number of Topliss-reactive ketones (excluding diaryl/α,β-unsaturated/α-hetero) is 1. The minimum atomic E-state index is -1.48. The summed E-state index contributed by atoms with van der Waals surface area (Å²) in [6.45, 7) is 16.5. The summed E-state index contributed by atoms with van der Waals surface area (Å²) in [7, 11) is 0. The fourth-order valence-electron chi connectivity index (χ4n) is 5.49. The number of carbonyl (C=O) groups excluding carboxylic acids is 5. The summed E-state index contributed by atoms with van der Waals surface area (Å²) in [6.07, 6.45) is 3.74. The van der Waals surface area contributed by atoms with Crippen LogP contribution in [0, 0.1) is 0 Å². The molecule has 0 aliphatic carbocycles. The topological polar surface area (TPSA) is 165 Å². The number of azo groups is 1. The van der Waals surface area contributed by atoms with Gasteiger partial charge in [-0.05, 0) is 108 Å². The first-order chi connectivity index (χ1) is 23.6. The zero-order chi connectivity index (χ0) is 35.8. The molecule has 0 bridgehead atoms. The van der Waals surface area contributed by atoms with Crippen molar-refractivity contribution in [2.45, 2.75) is 72.8 Å². The molecule has 0 fully saturated rings. The Morgan fingerprint density at radius 1 is 0.796 bits per heavy atom. The first-order valence-corrected chi connectivity index (χ1v) is 17.4. The molecule has 1 aliphatic rings. The molecule has 1 unspecified atom stereocenters. The summed E-state index contributed by atoms with van der Waals surface area (Å²) in [5, 5.41) is 19.4. The molecule has 0 aromatic heterocycles. The second kappa shape index (κ2) is 20.1. The lowest BCUT2D eigenvalue weighted by molar-refractivity contribution is -0.126. The highest BCUT2D eigenvalue weighted by molar-refractivity contribution is 6.10. The van der Waals surface area contributed by atoms with Gasteiger partial charge in [-0.2, -0.15) is 10.2 Å². The Morgan fingerprint density at radius 3 is 1.86 bits per heavy atom. The van der Waals surface area contributed by atoms with Gasteiger partial charge in [0.25, 0.3) is 17.7 Å². The third-order valence-corrected chi connectivity index (χ3v) is 8.53. The van der Waals surface area contributed by atoms with E-state index >= 15 is 0 Å². The lowest BCUT2D eigenvalue weighted by atomic mass is 10.1. The van der Waals surface area contributed by atoms with E-state index in [0.29, 0.717) is 24.5 Å². The van der Waals surface area contributed by atoms with E-state index in [9.17, 15) is 24.0 Å². The standard InChI is InChI=1S/C36H52N8O5/c1-6-43(7-2)18-12-10-16-37-34(47)27-20-28(35(48)38-17-11-13-19-44(8-3)9-4)22-30(21-27)41-42-33(25(5)45)36(49)39-29-15-14-26-23-32(46)40-31(26)24-29/h14-15,20-22,24,33H,6-13,16-19,23H2,1-5H3,(H,37,47)(H,38,48)(H,39,49)(H,40,46). The molecule has 266 valence electrons.